The lowest BCUT2D eigenvalue weighted by molar-refractivity contribution is -0.139. The Bertz CT molecular complexity index is 547. The van der Waals surface area contributed by atoms with Gasteiger partial charge in [0.25, 0.3) is 0 Å². The maximum absolute atomic E-state index is 12.1. The topological polar surface area (TPSA) is 142 Å². The number of hydrogen-bond donors (Lipinski definition) is 5. The van der Waals surface area contributed by atoms with E-state index in [0.29, 0.717) is 0 Å². The van der Waals surface area contributed by atoms with Gasteiger partial charge in [0.1, 0.15) is 12.6 Å². The third kappa shape index (κ3) is 6.45. The summed E-state index contributed by atoms with van der Waals surface area (Å²) in [5, 5.41) is 22.6. The number of hydrogen-bond acceptors (Lipinski definition) is 5. The van der Waals surface area contributed by atoms with Crippen LogP contribution in [0.15, 0.2) is 30.3 Å². The van der Waals surface area contributed by atoms with Gasteiger partial charge in [-0.3, -0.25) is 14.4 Å². The normalized spacial score (nSPS) is 14.4. The van der Waals surface area contributed by atoms with Crippen molar-refractivity contribution in [2.75, 3.05) is 6.54 Å². The average molecular weight is 323 g/mol. The van der Waals surface area contributed by atoms with Crippen molar-refractivity contribution in [3.63, 3.8) is 0 Å². The summed E-state index contributed by atoms with van der Waals surface area (Å²) < 4.78 is 0. The van der Waals surface area contributed by atoms with Gasteiger partial charge in [0.15, 0.2) is 0 Å². The molecule has 1 rings (SSSR count). The molecule has 3 atom stereocenters. The van der Waals surface area contributed by atoms with Crippen molar-refractivity contribution in [2.24, 2.45) is 5.73 Å². The SMILES string of the molecule is C[C@@H](O)[C@H](NC(=O)[C@@H](N)Cc1ccccc1)C(=O)NCC(=O)O. The molecule has 2 amide bonds. The van der Waals surface area contributed by atoms with E-state index in [1.165, 1.54) is 6.92 Å². The molecule has 0 saturated heterocycles. The van der Waals surface area contributed by atoms with E-state index < -0.39 is 42.5 Å². The first-order valence-electron chi connectivity index (χ1n) is 7.08. The zero-order valence-corrected chi connectivity index (χ0v) is 12.7. The Morgan fingerprint density at radius 3 is 2.30 bits per heavy atom. The zero-order valence-electron chi connectivity index (χ0n) is 12.7. The number of aliphatic hydroxyl groups excluding tert-OH is 1. The fraction of sp³-hybridized carbons (Fsp3) is 0.400. The van der Waals surface area contributed by atoms with Crippen LogP contribution in [0.25, 0.3) is 0 Å². The van der Waals surface area contributed by atoms with Gasteiger partial charge in [0, 0.05) is 0 Å². The molecule has 1 aromatic rings. The van der Waals surface area contributed by atoms with Crippen molar-refractivity contribution in [1.29, 1.82) is 0 Å². The zero-order chi connectivity index (χ0) is 17.4. The molecule has 126 valence electrons. The molecule has 1 aromatic carbocycles. The standard InChI is InChI=1S/C15H21N3O5/c1-9(19)13(15(23)17-8-12(20)21)18-14(22)11(16)7-10-5-3-2-4-6-10/h2-6,9,11,13,19H,7-8,16H2,1H3,(H,17,23)(H,18,22)(H,20,21)/t9-,11+,13+/m1/s1. The maximum atomic E-state index is 12.1. The van der Waals surface area contributed by atoms with Gasteiger partial charge in [-0.15, -0.1) is 0 Å². The number of benzene rings is 1. The van der Waals surface area contributed by atoms with Crippen LogP contribution in [0, 0.1) is 0 Å². The molecule has 0 heterocycles. The largest absolute Gasteiger partial charge is 0.480 e. The lowest BCUT2D eigenvalue weighted by Gasteiger charge is -2.22. The van der Waals surface area contributed by atoms with Crippen LogP contribution in [0.3, 0.4) is 0 Å². The molecule has 0 aliphatic carbocycles. The highest BCUT2D eigenvalue weighted by atomic mass is 16.4. The summed E-state index contributed by atoms with van der Waals surface area (Å²) in [4.78, 5) is 34.3. The van der Waals surface area contributed by atoms with Gasteiger partial charge in [0.05, 0.1) is 12.1 Å². The number of carbonyl (C=O) groups is 3. The summed E-state index contributed by atoms with van der Waals surface area (Å²) in [7, 11) is 0. The number of carboxylic acids is 1. The summed E-state index contributed by atoms with van der Waals surface area (Å²) in [6.07, 6.45) is -0.924. The molecule has 0 radical (unpaired) electrons. The Morgan fingerprint density at radius 2 is 1.78 bits per heavy atom. The third-order valence-electron chi connectivity index (χ3n) is 3.11. The fourth-order valence-corrected chi connectivity index (χ4v) is 1.90. The first-order valence-corrected chi connectivity index (χ1v) is 7.08. The molecule has 0 unspecified atom stereocenters. The monoisotopic (exact) mass is 323 g/mol. The molecule has 0 spiro atoms. The highest BCUT2D eigenvalue weighted by Gasteiger charge is 2.27. The van der Waals surface area contributed by atoms with Gasteiger partial charge in [-0.1, -0.05) is 30.3 Å². The van der Waals surface area contributed by atoms with Crippen molar-refractivity contribution in [1.82, 2.24) is 10.6 Å². The smallest absolute Gasteiger partial charge is 0.322 e. The number of nitrogens with two attached hydrogens (primary N) is 1. The molecule has 23 heavy (non-hydrogen) atoms. The summed E-state index contributed by atoms with van der Waals surface area (Å²) in [6.45, 7) is 0.710. The molecular weight excluding hydrogens is 302 g/mol. The minimum atomic E-state index is -1.27. The second kappa shape index (κ2) is 8.86. The van der Waals surface area contributed by atoms with E-state index in [0.717, 1.165) is 5.56 Å². The minimum Gasteiger partial charge on any atom is -0.480 e. The van der Waals surface area contributed by atoms with Crippen molar-refractivity contribution in [3.8, 4) is 0 Å². The predicted octanol–water partition coefficient (Wildman–Crippen LogP) is -1.38. The quantitative estimate of drug-likeness (QED) is 0.399. The summed E-state index contributed by atoms with van der Waals surface area (Å²) in [5.74, 6) is -2.62. The predicted molar refractivity (Wildman–Crippen MR) is 82.4 cm³/mol. The van der Waals surface area contributed by atoms with Crippen LogP contribution in [-0.4, -0.2) is 52.7 Å². The van der Waals surface area contributed by atoms with Crippen molar-refractivity contribution >= 4 is 17.8 Å². The van der Waals surface area contributed by atoms with Crippen molar-refractivity contribution < 1.29 is 24.6 Å². The number of amides is 2. The van der Waals surface area contributed by atoms with E-state index >= 15 is 0 Å². The molecular formula is C15H21N3O5. The van der Waals surface area contributed by atoms with Crippen LogP contribution >= 0.6 is 0 Å². The van der Waals surface area contributed by atoms with E-state index in [1.54, 1.807) is 0 Å². The van der Waals surface area contributed by atoms with Gasteiger partial charge in [-0.05, 0) is 18.9 Å². The highest BCUT2D eigenvalue weighted by molar-refractivity contribution is 5.91. The first kappa shape index (κ1) is 18.6. The van der Waals surface area contributed by atoms with Crippen LogP contribution in [0.5, 0.6) is 0 Å². The van der Waals surface area contributed by atoms with Gasteiger partial charge in [-0.2, -0.15) is 0 Å². The van der Waals surface area contributed by atoms with Gasteiger partial charge >= 0.3 is 5.97 Å². The van der Waals surface area contributed by atoms with E-state index in [2.05, 4.69) is 10.6 Å². The number of nitrogens with one attached hydrogen (secondary N) is 2. The number of rotatable bonds is 8. The van der Waals surface area contributed by atoms with Crippen LogP contribution in [0.1, 0.15) is 12.5 Å². The van der Waals surface area contributed by atoms with Crippen LogP contribution < -0.4 is 16.4 Å². The number of aliphatic carboxylic acids is 1. The number of carboxylic acid groups (broad SMARTS) is 1. The summed E-state index contributed by atoms with van der Waals surface area (Å²) >= 11 is 0. The summed E-state index contributed by atoms with van der Waals surface area (Å²) in [6, 6.07) is 6.94. The van der Waals surface area contributed by atoms with Crippen LogP contribution in [-0.2, 0) is 20.8 Å². The Kier molecular flexibility index (Phi) is 7.17. The Balaban J connectivity index is 2.62. The number of carbonyl (C=O) groups excluding carboxylic acids is 2. The molecule has 0 aliphatic heterocycles. The second-order valence-electron chi connectivity index (χ2n) is 5.13. The average Bonchev–Trinajstić information content (AvgIpc) is 2.50. The Labute approximate surface area is 133 Å². The first-order chi connectivity index (χ1) is 10.8. The summed E-state index contributed by atoms with van der Waals surface area (Å²) in [5.41, 5.74) is 6.66. The van der Waals surface area contributed by atoms with Crippen LogP contribution in [0.2, 0.25) is 0 Å². The Morgan fingerprint density at radius 1 is 1.17 bits per heavy atom. The minimum absolute atomic E-state index is 0.274. The third-order valence-corrected chi connectivity index (χ3v) is 3.11. The molecule has 8 heteroatoms. The maximum Gasteiger partial charge on any atom is 0.322 e. The molecule has 8 nitrogen and oxygen atoms in total. The molecule has 0 aliphatic rings. The van der Waals surface area contributed by atoms with Crippen LogP contribution in [0.4, 0.5) is 0 Å². The van der Waals surface area contributed by atoms with Crippen molar-refractivity contribution in [2.45, 2.75) is 31.5 Å². The highest BCUT2D eigenvalue weighted by Crippen LogP contribution is 2.03. The number of aliphatic hydroxyl groups is 1. The lowest BCUT2D eigenvalue weighted by atomic mass is 10.0. The molecule has 0 saturated carbocycles. The Hall–Kier alpha value is -2.45. The molecule has 6 N–H and O–H groups in total. The van der Waals surface area contributed by atoms with E-state index in [4.69, 9.17) is 10.8 Å². The van der Waals surface area contributed by atoms with Gasteiger partial charge < -0.3 is 26.6 Å². The molecule has 0 fully saturated rings. The fourth-order valence-electron chi connectivity index (χ4n) is 1.90. The van der Waals surface area contributed by atoms with E-state index in [9.17, 15) is 19.5 Å². The molecule has 0 bridgehead atoms. The van der Waals surface area contributed by atoms with E-state index in [1.807, 2.05) is 30.3 Å². The molecule has 0 aromatic heterocycles. The second-order valence-corrected chi connectivity index (χ2v) is 5.13. The van der Waals surface area contributed by atoms with E-state index in [-0.39, 0.29) is 6.42 Å². The van der Waals surface area contributed by atoms with Gasteiger partial charge in [-0.25, -0.2) is 0 Å². The van der Waals surface area contributed by atoms with Crippen molar-refractivity contribution in [3.05, 3.63) is 35.9 Å². The lowest BCUT2D eigenvalue weighted by Crippen LogP contribution is -2.56. The van der Waals surface area contributed by atoms with Gasteiger partial charge in [0.2, 0.25) is 11.8 Å².